The van der Waals surface area contributed by atoms with Gasteiger partial charge in [-0.3, -0.25) is 4.40 Å². The van der Waals surface area contributed by atoms with Crippen LogP contribution >= 0.6 is 0 Å². The van der Waals surface area contributed by atoms with Crippen molar-refractivity contribution < 1.29 is 0 Å². The van der Waals surface area contributed by atoms with E-state index in [2.05, 4.69) is 77.3 Å². The summed E-state index contributed by atoms with van der Waals surface area (Å²) in [6, 6.07) is 33.3. The van der Waals surface area contributed by atoms with Gasteiger partial charge in [-0.1, -0.05) is 72.8 Å². The van der Waals surface area contributed by atoms with Gasteiger partial charge in [-0.2, -0.15) is 0 Å². The molecule has 0 saturated carbocycles. The second-order valence-corrected chi connectivity index (χ2v) is 7.19. The van der Waals surface area contributed by atoms with E-state index >= 15 is 0 Å². The molecule has 3 nitrogen and oxygen atoms in total. The van der Waals surface area contributed by atoms with Crippen molar-refractivity contribution in [3.8, 4) is 22.5 Å². The van der Waals surface area contributed by atoms with Gasteiger partial charge in [0.25, 0.3) is 0 Å². The van der Waals surface area contributed by atoms with E-state index in [1.807, 2.05) is 30.3 Å². The van der Waals surface area contributed by atoms with Crippen molar-refractivity contribution >= 4 is 27.5 Å². The van der Waals surface area contributed by atoms with Crippen LogP contribution in [-0.4, -0.2) is 14.4 Å². The lowest BCUT2D eigenvalue weighted by Gasteiger charge is -2.08. The van der Waals surface area contributed by atoms with Gasteiger partial charge in [0, 0.05) is 22.7 Å². The van der Waals surface area contributed by atoms with E-state index in [1.165, 1.54) is 5.39 Å². The average Bonchev–Trinajstić information content (AvgIpc) is 3.25. The molecule has 0 aliphatic heterocycles. The molecule has 3 aromatic heterocycles. The standard InChI is InChI=1S/C26H17N3/c1-2-8-18(9-3-1)24-17-29-25-13-7-5-11-20(25)16-21(26(29)28-24)23-15-14-19-10-4-6-12-22(19)27-23/h1-17H. The van der Waals surface area contributed by atoms with E-state index in [1.54, 1.807) is 0 Å². The molecule has 0 fully saturated rings. The number of benzene rings is 3. The average molecular weight is 371 g/mol. The molecule has 3 heteroatoms. The number of imidazole rings is 1. The number of aromatic nitrogens is 3. The summed E-state index contributed by atoms with van der Waals surface area (Å²) in [5.41, 5.74) is 7.10. The molecule has 0 atom stereocenters. The predicted octanol–water partition coefficient (Wildman–Crippen LogP) is 6.37. The number of fused-ring (bicyclic) bond motifs is 4. The molecule has 0 unspecified atom stereocenters. The maximum atomic E-state index is 5.01. The fourth-order valence-corrected chi connectivity index (χ4v) is 3.96. The van der Waals surface area contributed by atoms with Crippen LogP contribution in [0.15, 0.2) is 103 Å². The van der Waals surface area contributed by atoms with Gasteiger partial charge in [0.2, 0.25) is 0 Å². The maximum absolute atomic E-state index is 5.01. The summed E-state index contributed by atoms with van der Waals surface area (Å²) in [5.74, 6) is 0. The highest BCUT2D eigenvalue weighted by Gasteiger charge is 2.14. The van der Waals surface area contributed by atoms with E-state index in [9.17, 15) is 0 Å². The van der Waals surface area contributed by atoms with Gasteiger partial charge >= 0.3 is 0 Å². The maximum Gasteiger partial charge on any atom is 0.147 e. The predicted molar refractivity (Wildman–Crippen MR) is 119 cm³/mol. The highest BCUT2D eigenvalue weighted by Crippen LogP contribution is 2.31. The van der Waals surface area contributed by atoms with Crippen LogP contribution in [0.25, 0.3) is 50.0 Å². The Hall–Kier alpha value is -3.98. The van der Waals surface area contributed by atoms with Crippen LogP contribution < -0.4 is 0 Å². The fraction of sp³-hybridized carbons (Fsp3) is 0. The Morgan fingerprint density at radius 1 is 0.586 bits per heavy atom. The Balaban J connectivity index is 1.68. The van der Waals surface area contributed by atoms with Gasteiger partial charge in [0.15, 0.2) is 0 Å². The van der Waals surface area contributed by atoms with Crippen molar-refractivity contribution in [2.24, 2.45) is 0 Å². The first kappa shape index (κ1) is 16.0. The number of hydrogen-bond acceptors (Lipinski definition) is 2. The normalized spacial score (nSPS) is 11.4. The highest BCUT2D eigenvalue weighted by molar-refractivity contribution is 5.93. The van der Waals surface area contributed by atoms with Crippen molar-refractivity contribution in [2.75, 3.05) is 0 Å². The topological polar surface area (TPSA) is 30.2 Å². The Labute approximate surface area is 167 Å². The second kappa shape index (κ2) is 6.28. The minimum atomic E-state index is 0.922. The lowest BCUT2D eigenvalue weighted by molar-refractivity contribution is 1.25. The first-order chi connectivity index (χ1) is 14.4. The summed E-state index contributed by atoms with van der Waals surface area (Å²) < 4.78 is 2.18. The zero-order chi connectivity index (χ0) is 19.2. The van der Waals surface area contributed by atoms with E-state index < -0.39 is 0 Å². The SMILES string of the molecule is c1ccc(-c2cn3c(n2)c(-c2ccc4ccccc4n2)cc2ccccc23)cc1. The lowest BCUT2D eigenvalue weighted by Crippen LogP contribution is -1.93. The minimum absolute atomic E-state index is 0.922. The second-order valence-electron chi connectivity index (χ2n) is 7.19. The van der Waals surface area contributed by atoms with Gasteiger partial charge < -0.3 is 0 Å². The van der Waals surface area contributed by atoms with Crippen LogP contribution in [0.3, 0.4) is 0 Å². The quantitative estimate of drug-likeness (QED) is 0.354. The Morgan fingerprint density at radius 3 is 2.24 bits per heavy atom. The molecule has 6 aromatic rings. The summed E-state index contributed by atoms with van der Waals surface area (Å²) in [5, 5.41) is 2.31. The van der Waals surface area contributed by atoms with E-state index in [0.29, 0.717) is 0 Å². The number of pyridine rings is 2. The van der Waals surface area contributed by atoms with Crippen molar-refractivity contribution in [1.29, 1.82) is 0 Å². The Bertz CT molecular complexity index is 1500. The summed E-state index contributed by atoms with van der Waals surface area (Å²) in [6.45, 7) is 0. The van der Waals surface area contributed by atoms with Crippen molar-refractivity contribution in [3.05, 3.63) is 103 Å². The van der Waals surface area contributed by atoms with Gasteiger partial charge in [-0.05, 0) is 29.7 Å². The molecule has 0 radical (unpaired) electrons. The minimum Gasteiger partial charge on any atom is -0.298 e. The first-order valence-corrected chi connectivity index (χ1v) is 9.69. The smallest absolute Gasteiger partial charge is 0.147 e. The van der Waals surface area contributed by atoms with Crippen LogP contribution in [0.5, 0.6) is 0 Å². The number of rotatable bonds is 2. The molecule has 29 heavy (non-hydrogen) atoms. The van der Waals surface area contributed by atoms with Gasteiger partial charge in [0.05, 0.1) is 22.4 Å². The van der Waals surface area contributed by atoms with Crippen LogP contribution in [0.2, 0.25) is 0 Å². The van der Waals surface area contributed by atoms with Crippen molar-refractivity contribution in [1.82, 2.24) is 14.4 Å². The van der Waals surface area contributed by atoms with Crippen molar-refractivity contribution in [3.63, 3.8) is 0 Å². The molecule has 0 amide bonds. The summed E-state index contributed by atoms with van der Waals surface area (Å²) >= 11 is 0. The Morgan fingerprint density at radius 2 is 1.34 bits per heavy atom. The zero-order valence-corrected chi connectivity index (χ0v) is 15.7. The number of nitrogens with zero attached hydrogens (tertiary/aromatic N) is 3. The summed E-state index contributed by atoms with van der Waals surface area (Å²) in [7, 11) is 0. The number of hydrogen-bond donors (Lipinski definition) is 0. The molecule has 0 N–H and O–H groups in total. The largest absolute Gasteiger partial charge is 0.298 e. The van der Waals surface area contributed by atoms with Gasteiger partial charge in [-0.25, -0.2) is 9.97 Å². The number of para-hydroxylation sites is 2. The lowest BCUT2D eigenvalue weighted by atomic mass is 10.1. The van der Waals surface area contributed by atoms with Crippen molar-refractivity contribution in [2.45, 2.75) is 0 Å². The molecule has 0 spiro atoms. The van der Waals surface area contributed by atoms with E-state index in [4.69, 9.17) is 9.97 Å². The molecule has 0 bridgehead atoms. The highest BCUT2D eigenvalue weighted by atomic mass is 15.0. The molecular weight excluding hydrogens is 354 g/mol. The van der Waals surface area contributed by atoms with E-state index in [0.717, 1.165) is 44.6 Å². The fourth-order valence-electron chi connectivity index (χ4n) is 3.96. The molecule has 0 aliphatic rings. The summed E-state index contributed by atoms with van der Waals surface area (Å²) in [6.07, 6.45) is 2.12. The third kappa shape index (κ3) is 2.59. The molecule has 136 valence electrons. The monoisotopic (exact) mass is 371 g/mol. The van der Waals surface area contributed by atoms with Crippen LogP contribution in [0.4, 0.5) is 0 Å². The third-order valence-electron chi connectivity index (χ3n) is 5.39. The van der Waals surface area contributed by atoms with Gasteiger partial charge in [-0.15, -0.1) is 0 Å². The molecule has 6 rings (SSSR count). The zero-order valence-electron chi connectivity index (χ0n) is 15.7. The van der Waals surface area contributed by atoms with Crippen LogP contribution in [-0.2, 0) is 0 Å². The molecular formula is C26H17N3. The van der Waals surface area contributed by atoms with Crippen LogP contribution in [0.1, 0.15) is 0 Å². The van der Waals surface area contributed by atoms with Gasteiger partial charge in [0.1, 0.15) is 5.65 Å². The molecule has 0 saturated heterocycles. The first-order valence-electron chi connectivity index (χ1n) is 9.69. The van der Waals surface area contributed by atoms with E-state index in [-0.39, 0.29) is 0 Å². The summed E-state index contributed by atoms with van der Waals surface area (Å²) in [4.78, 5) is 9.94. The Kier molecular flexibility index (Phi) is 3.47. The third-order valence-corrected chi connectivity index (χ3v) is 5.39. The van der Waals surface area contributed by atoms with Crippen LogP contribution in [0, 0.1) is 0 Å². The molecule has 3 aromatic carbocycles. The molecule has 3 heterocycles. The molecule has 0 aliphatic carbocycles.